The third-order valence-electron chi connectivity index (χ3n) is 1.74. The normalized spacial score (nSPS) is 10.1. The van der Waals surface area contributed by atoms with Crippen LogP contribution in [-0.4, -0.2) is 11.1 Å². The maximum atomic E-state index is 12.8. The van der Waals surface area contributed by atoms with Crippen molar-refractivity contribution in [1.82, 2.24) is 0 Å². The van der Waals surface area contributed by atoms with Gasteiger partial charge in [-0.3, -0.25) is 4.79 Å². The van der Waals surface area contributed by atoms with Gasteiger partial charge in [-0.1, -0.05) is 0 Å². The Balaban J connectivity index is 2.84. The number of hydrogen-bond acceptors (Lipinski definition) is 2. The van der Waals surface area contributed by atoms with Crippen LogP contribution in [0, 0.1) is 11.6 Å². The van der Waals surface area contributed by atoms with Crippen LogP contribution in [0.25, 0.3) is 0 Å². The summed E-state index contributed by atoms with van der Waals surface area (Å²) in [5.41, 5.74) is 5.24. The third-order valence-corrected chi connectivity index (χ3v) is 1.74. The van der Waals surface area contributed by atoms with E-state index in [1.54, 1.807) is 0 Å². The number of anilines is 1. The standard InChI is InChI=1S/C9H9F2NO2/c10-6-3-5(1-2-8(13)14)4-7(12)9(6)11/h3-4H,1-2,12H2,(H,13,14). The summed E-state index contributed by atoms with van der Waals surface area (Å²) in [4.78, 5) is 10.2. The number of hydrogen-bond donors (Lipinski definition) is 2. The largest absolute Gasteiger partial charge is 0.481 e. The molecule has 3 nitrogen and oxygen atoms in total. The zero-order valence-corrected chi connectivity index (χ0v) is 7.26. The predicted molar refractivity (Wildman–Crippen MR) is 46.7 cm³/mol. The van der Waals surface area contributed by atoms with E-state index in [9.17, 15) is 13.6 Å². The van der Waals surface area contributed by atoms with Gasteiger partial charge in [-0.2, -0.15) is 0 Å². The minimum atomic E-state index is -1.09. The fourth-order valence-corrected chi connectivity index (χ4v) is 1.06. The van der Waals surface area contributed by atoms with Gasteiger partial charge in [0.1, 0.15) is 0 Å². The number of aryl methyl sites for hydroxylation is 1. The third kappa shape index (κ3) is 2.42. The van der Waals surface area contributed by atoms with Crippen molar-refractivity contribution >= 4 is 11.7 Å². The first-order valence-electron chi connectivity index (χ1n) is 3.96. The molecule has 0 amide bonds. The van der Waals surface area contributed by atoms with Crippen molar-refractivity contribution in [2.75, 3.05) is 5.73 Å². The second-order valence-corrected chi connectivity index (χ2v) is 2.87. The van der Waals surface area contributed by atoms with Gasteiger partial charge >= 0.3 is 5.97 Å². The molecular formula is C9H9F2NO2. The summed E-state index contributed by atoms with van der Waals surface area (Å²) >= 11 is 0. The van der Waals surface area contributed by atoms with Gasteiger partial charge in [0.25, 0.3) is 0 Å². The molecule has 76 valence electrons. The van der Waals surface area contributed by atoms with Gasteiger partial charge in [-0.05, 0) is 24.1 Å². The predicted octanol–water partition coefficient (Wildman–Crippen LogP) is 1.56. The average Bonchev–Trinajstić information content (AvgIpc) is 2.10. The van der Waals surface area contributed by atoms with Crippen molar-refractivity contribution in [2.45, 2.75) is 12.8 Å². The number of carboxylic acid groups (broad SMARTS) is 1. The Labute approximate surface area is 79.2 Å². The molecule has 0 unspecified atom stereocenters. The fraction of sp³-hybridized carbons (Fsp3) is 0.222. The molecule has 0 fully saturated rings. The van der Waals surface area contributed by atoms with Crippen LogP contribution in [0.2, 0.25) is 0 Å². The van der Waals surface area contributed by atoms with Crippen molar-refractivity contribution in [1.29, 1.82) is 0 Å². The highest BCUT2D eigenvalue weighted by atomic mass is 19.2. The number of carboxylic acids is 1. The topological polar surface area (TPSA) is 63.3 Å². The second-order valence-electron chi connectivity index (χ2n) is 2.87. The lowest BCUT2D eigenvalue weighted by atomic mass is 10.1. The van der Waals surface area contributed by atoms with E-state index < -0.39 is 17.6 Å². The Morgan fingerprint density at radius 1 is 1.43 bits per heavy atom. The van der Waals surface area contributed by atoms with Crippen LogP contribution in [0.5, 0.6) is 0 Å². The highest BCUT2D eigenvalue weighted by Crippen LogP contribution is 2.17. The fourth-order valence-electron chi connectivity index (χ4n) is 1.06. The van der Waals surface area contributed by atoms with Crippen LogP contribution in [-0.2, 0) is 11.2 Å². The summed E-state index contributed by atoms with van der Waals surface area (Å²) < 4.78 is 25.5. The number of carbonyl (C=O) groups is 1. The summed E-state index contributed by atoms with van der Waals surface area (Å²) in [7, 11) is 0. The van der Waals surface area contributed by atoms with E-state index in [0.717, 1.165) is 6.07 Å². The van der Waals surface area contributed by atoms with Crippen molar-refractivity contribution in [3.63, 3.8) is 0 Å². The zero-order chi connectivity index (χ0) is 10.7. The van der Waals surface area contributed by atoms with Gasteiger partial charge in [0.2, 0.25) is 0 Å². The summed E-state index contributed by atoms with van der Waals surface area (Å²) in [5, 5.41) is 8.37. The zero-order valence-electron chi connectivity index (χ0n) is 7.26. The van der Waals surface area contributed by atoms with E-state index >= 15 is 0 Å². The molecule has 0 aliphatic carbocycles. The molecule has 1 rings (SSSR count). The number of aliphatic carboxylic acids is 1. The first-order chi connectivity index (χ1) is 6.50. The monoisotopic (exact) mass is 201 g/mol. The van der Waals surface area contributed by atoms with Crippen molar-refractivity contribution in [3.8, 4) is 0 Å². The molecule has 0 aromatic heterocycles. The lowest BCUT2D eigenvalue weighted by molar-refractivity contribution is -0.136. The summed E-state index contributed by atoms with van der Waals surface area (Å²) in [6.07, 6.45) is 0.00124. The Hall–Kier alpha value is -1.65. The van der Waals surface area contributed by atoms with E-state index in [2.05, 4.69) is 0 Å². The maximum Gasteiger partial charge on any atom is 0.303 e. The SMILES string of the molecule is Nc1cc(CCC(=O)O)cc(F)c1F. The van der Waals surface area contributed by atoms with E-state index in [-0.39, 0.29) is 18.5 Å². The van der Waals surface area contributed by atoms with Gasteiger partial charge < -0.3 is 10.8 Å². The Morgan fingerprint density at radius 3 is 2.57 bits per heavy atom. The molecule has 1 aromatic carbocycles. The second kappa shape index (κ2) is 4.04. The van der Waals surface area contributed by atoms with E-state index in [4.69, 9.17) is 10.8 Å². The van der Waals surface area contributed by atoms with Gasteiger partial charge in [-0.15, -0.1) is 0 Å². The number of nitrogens with two attached hydrogens (primary N) is 1. The molecule has 5 heteroatoms. The van der Waals surface area contributed by atoms with Crippen LogP contribution < -0.4 is 5.73 Å². The van der Waals surface area contributed by atoms with Crippen LogP contribution >= 0.6 is 0 Å². The molecule has 0 aliphatic rings. The Bertz CT molecular complexity index is 343. The van der Waals surface area contributed by atoms with E-state index in [0.29, 0.717) is 5.56 Å². The summed E-state index contributed by atoms with van der Waals surface area (Å²) in [5.74, 6) is -3.14. The first kappa shape index (κ1) is 10.4. The number of benzene rings is 1. The number of rotatable bonds is 3. The Morgan fingerprint density at radius 2 is 2.07 bits per heavy atom. The molecule has 0 saturated carbocycles. The van der Waals surface area contributed by atoms with Crippen molar-refractivity contribution in [3.05, 3.63) is 29.3 Å². The molecule has 0 aliphatic heterocycles. The molecule has 0 saturated heterocycles. The highest BCUT2D eigenvalue weighted by molar-refractivity contribution is 5.67. The smallest absolute Gasteiger partial charge is 0.303 e. The molecule has 1 aromatic rings. The van der Waals surface area contributed by atoms with Crippen molar-refractivity contribution in [2.24, 2.45) is 0 Å². The average molecular weight is 201 g/mol. The molecule has 0 heterocycles. The quantitative estimate of drug-likeness (QED) is 0.729. The molecule has 0 bridgehead atoms. The molecule has 0 spiro atoms. The maximum absolute atomic E-state index is 12.8. The van der Waals surface area contributed by atoms with Gasteiger partial charge in [0.15, 0.2) is 11.6 Å². The van der Waals surface area contributed by atoms with Crippen LogP contribution in [0.4, 0.5) is 14.5 Å². The van der Waals surface area contributed by atoms with E-state index in [1.165, 1.54) is 6.07 Å². The number of halogens is 2. The molecule has 14 heavy (non-hydrogen) atoms. The molecule has 3 N–H and O–H groups in total. The molecular weight excluding hydrogens is 192 g/mol. The lowest BCUT2D eigenvalue weighted by Crippen LogP contribution is -2.01. The van der Waals surface area contributed by atoms with Crippen molar-refractivity contribution < 1.29 is 18.7 Å². The van der Waals surface area contributed by atoms with Gasteiger partial charge in [-0.25, -0.2) is 8.78 Å². The van der Waals surface area contributed by atoms with Gasteiger partial charge in [0.05, 0.1) is 5.69 Å². The Kier molecular flexibility index (Phi) is 3.01. The highest BCUT2D eigenvalue weighted by Gasteiger charge is 2.08. The summed E-state index contributed by atoms with van der Waals surface area (Å²) in [6, 6.07) is 2.19. The summed E-state index contributed by atoms with van der Waals surface area (Å²) in [6.45, 7) is 0. The molecule has 0 radical (unpaired) electrons. The first-order valence-corrected chi connectivity index (χ1v) is 3.96. The van der Waals surface area contributed by atoms with Crippen LogP contribution in [0.3, 0.4) is 0 Å². The molecule has 0 atom stereocenters. The van der Waals surface area contributed by atoms with E-state index in [1.807, 2.05) is 0 Å². The lowest BCUT2D eigenvalue weighted by Gasteiger charge is -2.02. The van der Waals surface area contributed by atoms with Gasteiger partial charge in [0, 0.05) is 6.42 Å². The number of nitrogen functional groups attached to an aromatic ring is 1. The minimum absolute atomic E-state index is 0.134. The van der Waals surface area contributed by atoms with Crippen LogP contribution in [0.15, 0.2) is 12.1 Å². The van der Waals surface area contributed by atoms with Crippen LogP contribution in [0.1, 0.15) is 12.0 Å². The minimum Gasteiger partial charge on any atom is -0.481 e.